The molecule has 0 aliphatic rings. The minimum Gasteiger partial charge on any atom is -0.342 e. The topological polar surface area (TPSA) is 104 Å². The molecule has 32 heavy (non-hydrogen) atoms. The number of hydrogen-bond donors (Lipinski definition) is 3. The molecule has 164 valence electrons. The van der Waals surface area contributed by atoms with Gasteiger partial charge in [-0.25, -0.2) is 10.4 Å². The fourth-order valence-electron chi connectivity index (χ4n) is 3.02. The average Bonchev–Trinajstić information content (AvgIpc) is 3.38. The number of amides is 1. The number of thioether (sulfide) groups is 1. The van der Waals surface area contributed by atoms with E-state index in [0.717, 1.165) is 23.2 Å². The van der Waals surface area contributed by atoms with Gasteiger partial charge in [-0.2, -0.15) is 11.8 Å². The summed E-state index contributed by atoms with van der Waals surface area (Å²) in [5.74, 6) is 0.267. The number of ketones is 1. The highest BCUT2D eigenvalue weighted by Crippen LogP contribution is 2.25. The molecule has 3 aromatic rings. The SMILES string of the molecule is CSCC[C@H](C=O)NNC(=O)c1ccc(C=CC(=O)c2cnc[nH]2)cc1-c1ccccc1. The standard InChI is InChI=1S/C24H24N4O3S/c1-32-12-11-19(15-29)27-28-24(31)20-9-7-17(8-10-23(30)22-14-25-16-26-22)13-21(20)18-5-3-2-4-6-18/h2-10,13-16,19,27H,11-12H2,1H3,(H,25,26)(H,28,31)/t19-/m1/s1. The molecular weight excluding hydrogens is 424 g/mol. The van der Waals surface area contributed by atoms with Gasteiger partial charge in [0.25, 0.3) is 5.91 Å². The number of carbonyl (C=O) groups is 3. The molecular formula is C24H24N4O3S. The van der Waals surface area contributed by atoms with Gasteiger partial charge in [-0.15, -0.1) is 0 Å². The third-order valence-electron chi connectivity index (χ3n) is 4.73. The largest absolute Gasteiger partial charge is 0.342 e. The van der Waals surface area contributed by atoms with Crippen molar-refractivity contribution in [1.82, 2.24) is 20.8 Å². The monoisotopic (exact) mass is 448 g/mol. The van der Waals surface area contributed by atoms with E-state index < -0.39 is 6.04 Å². The first-order chi connectivity index (χ1) is 15.6. The molecule has 1 amide bonds. The van der Waals surface area contributed by atoms with Gasteiger partial charge in [0.15, 0.2) is 0 Å². The molecule has 3 N–H and O–H groups in total. The summed E-state index contributed by atoms with van der Waals surface area (Å²) in [7, 11) is 0. The Morgan fingerprint density at radius 1 is 1.19 bits per heavy atom. The zero-order chi connectivity index (χ0) is 22.8. The fourth-order valence-corrected chi connectivity index (χ4v) is 3.51. The first-order valence-electron chi connectivity index (χ1n) is 10.0. The van der Waals surface area contributed by atoms with Crippen LogP contribution in [0.25, 0.3) is 17.2 Å². The molecule has 0 aliphatic heterocycles. The lowest BCUT2D eigenvalue weighted by Gasteiger charge is -2.15. The molecule has 1 heterocycles. The Hall–Kier alpha value is -3.49. The predicted molar refractivity (Wildman–Crippen MR) is 127 cm³/mol. The summed E-state index contributed by atoms with van der Waals surface area (Å²) >= 11 is 1.64. The molecule has 0 aliphatic carbocycles. The van der Waals surface area contributed by atoms with Crippen molar-refractivity contribution in [2.75, 3.05) is 12.0 Å². The minimum absolute atomic E-state index is 0.195. The van der Waals surface area contributed by atoms with Crippen LogP contribution in [0.1, 0.15) is 32.8 Å². The summed E-state index contributed by atoms with van der Waals surface area (Å²) < 4.78 is 0. The van der Waals surface area contributed by atoms with Gasteiger partial charge in [-0.3, -0.25) is 15.0 Å². The minimum atomic E-state index is -0.456. The highest BCUT2D eigenvalue weighted by molar-refractivity contribution is 7.98. The molecule has 0 saturated carbocycles. The normalized spacial score (nSPS) is 11.9. The number of hydrogen-bond acceptors (Lipinski definition) is 6. The molecule has 0 radical (unpaired) electrons. The van der Waals surface area contributed by atoms with Crippen molar-refractivity contribution in [1.29, 1.82) is 0 Å². The maximum absolute atomic E-state index is 12.9. The second-order valence-corrected chi connectivity index (χ2v) is 7.94. The number of allylic oxidation sites excluding steroid dienone is 1. The highest BCUT2D eigenvalue weighted by atomic mass is 32.2. The van der Waals surface area contributed by atoms with Crippen LogP contribution in [-0.4, -0.2) is 46.0 Å². The van der Waals surface area contributed by atoms with Crippen molar-refractivity contribution in [3.05, 3.63) is 84.0 Å². The molecule has 3 rings (SSSR count). The number of rotatable bonds is 11. The quantitative estimate of drug-likeness (QED) is 0.179. The summed E-state index contributed by atoms with van der Waals surface area (Å²) in [6.45, 7) is 0. The first-order valence-corrected chi connectivity index (χ1v) is 11.4. The highest BCUT2D eigenvalue weighted by Gasteiger charge is 2.15. The average molecular weight is 449 g/mol. The zero-order valence-electron chi connectivity index (χ0n) is 17.6. The number of aldehydes is 1. The molecule has 1 atom stereocenters. The molecule has 0 bridgehead atoms. The number of imidazole rings is 1. The van der Waals surface area contributed by atoms with Gasteiger partial charge >= 0.3 is 0 Å². The van der Waals surface area contributed by atoms with Crippen LogP contribution in [0.5, 0.6) is 0 Å². The van der Waals surface area contributed by atoms with Gasteiger partial charge in [0, 0.05) is 5.56 Å². The van der Waals surface area contributed by atoms with Crippen LogP contribution in [0.4, 0.5) is 0 Å². The van der Waals surface area contributed by atoms with E-state index in [1.165, 1.54) is 18.6 Å². The molecule has 0 saturated heterocycles. The summed E-state index contributed by atoms with van der Waals surface area (Å²) in [6, 6.07) is 14.4. The smallest absolute Gasteiger partial charge is 0.266 e. The number of aromatic nitrogens is 2. The van der Waals surface area contributed by atoms with Crippen molar-refractivity contribution < 1.29 is 14.4 Å². The van der Waals surface area contributed by atoms with E-state index in [9.17, 15) is 14.4 Å². The lowest BCUT2D eigenvalue weighted by Crippen LogP contribution is -2.45. The molecule has 7 nitrogen and oxygen atoms in total. The Morgan fingerprint density at radius 2 is 2.00 bits per heavy atom. The van der Waals surface area contributed by atoms with E-state index >= 15 is 0 Å². The van der Waals surface area contributed by atoms with E-state index in [-0.39, 0.29) is 11.7 Å². The molecule has 0 fully saturated rings. The summed E-state index contributed by atoms with van der Waals surface area (Å²) in [6.07, 6.45) is 9.44. The number of nitrogens with one attached hydrogen (secondary N) is 3. The van der Waals surface area contributed by atoms with E-state index in [4.69, 9.17) is 0 Å². The maximum atomic E-state index is 12.9. The summed E-state index contributed by atoms with van der Waals surface area (Å²) in [5, 5.41) is 0. The van der Waals surface area contributed by atoms with Gasteiger partial charge in [0.2, 0.25) is 5.78 Å². The van der Waals surface area contributed by atoms with Crippen LogP contribution in [0.15, 0.2) is 67.1 Å². The Labute approximate surface area is 190 Å². The lowest BCUT2D eigenvalue weighted by atomic mass is 9.96. The second kappa shape index (κ2) is 11.8. The Balaban J connectivity index is 1.83. The zero-order valence-corrected chi connectivity index (χ0v) is 18.4. The number of carbonyl (C=O) groups excluding carboxylic acids is 3. The number of nitrogens with zero attached hydrogens (tertiary/aromatic N) is 1. The van der Waals surface area contributed by atoms with Gasteiger partial charge in [0.05, 0.1) is 18.6 Å². The van der Waals surface area contributed by atoms with E-state index in [2.05, 4.69) is 20.8 Å². The molecule has 0 spiro atoms. The van der Waals surface area contributed by atoms with Crippen molar-refractivity contribution in [3.8, 4) is 11.1 Å². The van der Waals surface area contributed by atoms with Crippen LogP contribution in [0.3, 0.4) is 0 Å². The van der Waals surface area contributed by atoms with Gasteiger partial charge < -0.3 is 9.78 Å². The fraction of sp³-hybridized carbons (Fsp3) is 0.167. The number of benzene rings is 2. The number of aromatic amines is 1. The van der Waals surface area contributed by atoms with E-state index in [1.54, 1.807) is 30.0 Å². The third kappa shape index (κ3) is 6.26. The van der Waals surface area contributed by atoms with Crippen LogP contribution < -0.4 is 10.9 Å². The number of hydrazine groups is 1. The van der Waals surface area contributed by atoms with Crippen molar-refractivity contribution >= 4 is 35.8 Å². The molecule has 0 unspecified atom stereocenters. The van der Waals surface area contributed by atoms with E-state index in [1.807, 2.05) is 42.7 Å². The van der Waals surface area contributed by atoms with Crippen LogP contribution in [0.2, 0.25) is 0 Å². The molecule has 8 heteroatoms. The van der Waals surface area contributed by atoms with Crippen molar-refractivity contribution in [3.63, 3.8) is 0 Å². The maximum Gasteiger partial charge on any atom is 0.266 e. The lowest BCUT2D eigenvalue weighted by molar-refractivity contribution is -0.109. The van der Waals surface area contributed by atoms with Gasteiger partial charge in [0.1, 0.15) is 12.0 Å². The summed E-state index contributed by atoms with van der Waals surface area (Å²) in [5.41, 5.74) is 8.65. The third-order valence-corrected chi connectivity index (χ3v) is 5.38. The van der Waals surface area contributed by atoms with Crippen LogP contribution in [0, 0.1) is 0 Å². The van der Waals surface area contributed by atoms with Gasteiger partial charge in [-0.05, 0) is 53.3 Å². The second-order valence-electron chi connectivity index (χ2n) is 6.96. The Kier molecular flexibility index (Phi) is 8.53. The predicted octanol–water partition coefficient (Wildman–Crippen LogP) is 3.53. The van der Waals surface area contributed by atoms with Gasteiger partial charge in [-0.1, -0.05) is 42.5 Å². The Morgan fingerprint density at radius 3 is 2.69 bits per heavy atom. The Bertz CT molecular complexity index is 1080. The number of H-pyrrole nitrogens is 1. The molecule has 1 aromatic heterocycles. The summed E-state index contributed by atoms with van der Waals surface area (Å²) in [4.78, 5) is 43.0. The molecule has 2 aromatic carbocycles. The van der Waals surface area contributed by atoms with Crippen molar-refractivity contribution in [2.24, 2.45) is 0 Å². The van der Waals surface area contributed by atoms with Crippen LogP contribution >= 0.6 is 11.8 Å². The van der Waals surface area contributed by atoms with E-state index in [0.29, 0.717) is 23.2 Å². The van der Waals surface area contributed by atoms with Crippen LogP contribution in [-0.2, 0) is 4.79 Å². The van der Waals surface area contributed by atoms with Crippen molar-refractivity contribution in [2.45, 2.75) is 12.5 Å². The first kappa shape index (κ1) is 23.2.